The molecular weight excluding hydrogens is 649 g/mol. The predicted octanol–water partition coefficient (Wildman–Crippen LogP) is 4.21. The van der Waals surface area contributed by atoms with Crippen molar-refractivity contribution in [3.8, 4) is 23.0 Å². The second-order valence-electron chi connectivity index (χ2n) is 9.75. The van der Waals surface area contributed by atoms with E-state index in [4.69, 9.17) is 43.4 Å². The van der Waals surface area contributed by atoms with Crippen LogP contribution in [0.5, 0.6) is 23.0 Å². The van der Waals surface area contributed by atoms with E-state index in [1.807, 2.05) is 0 Å². The van der Waals surface area contributed by atoms with E-state index < -0.39 is 0 Å². The highest BCUT2D eigenvalue weighted by Gasteiger charge is 2.41. The summed E-state index contributed by atoms with van der Waals surface area (Å²) in [6, 6.07) is 10.3. The van der Waals surface area contributed by atoms with Gasteiger partial charge in [0.05, 0.1) is 9.81 Å². The van der Waals surface area contributed by atoms with Gasteiger partial charge in [-0.05, 0) is 37.1 Å². The molecule has 0 saturated carbocycles. The average Bonchev–Trinajstić information content (AvgIpc) is 3.77. The lowest BCUT2D eigenvalue weighted by Crippen LogP contribution is -2.31. The van der Waals surface area contributed by atoms with Crippen LogP contribution >= 0.6 is 48.0 Å². The van der Waals surface area contributed by atoms with E-state index >= 15 is 0 Å². The zero-order valence-corrected chi connectivity index (χ0v) is 26.2. The van der Waals surface area contributed by atoms with Crippen LogP contribution in [0.3, 0.4) is 0 Å². The van der Waals surface area contributed by atoms with E-state index in [9.17, 15) is 19.2 Å². The van der Waals surface area contributed by atoms with Gasteiger partial charge in [-0.2, -0.15) is 0 Å². The van der Waals surface area contributed by atoms with Crippen LogP contribution in [0.15, 0.2) is 46.2 Å². The van der Waals surface area contributed by atoms with Gasteiger partial charge in [0.15, 0.2) is 23.0 Å². The van der Waals surface area contributed by atoms with Gasteiger partial charge in [-0.15, -0.1) is 0 Å². The Balaban J connectivity index is 0.975. The van der Waals surface area contributed by atoms with Crippen molar-refractivity contribution in [1.29, 1.82) is 0 Å². The van der Waals surface area contributed by atoms with Crippen molar-refractivity contribution in [1.82, 2.24) is 9.80 Å². The van der Waals surface area contributed by atoms with Gasteiger partial charge < -0.3 is 29.6 Å². The number of fused-ring (bicyclic) bond motifs is 2. The van der Waals surface area contributed by atoms with Crippen LogP contribution in [0.2, 0.25) is 0 Å². The standard InChI is InChI=1S/C28H24N4O8S4/c33-21(29-15-5-7-17-19(11-15)39-13-37-17)3-1-9-31-25(35)23(43-27(31)41)24-26(36)32(28(42)44-24)10-2-4-22(34)30-16-6-8-18-20(12-16)40-14-38-18/h5-8,11-12H,1-4,9-10,13-14H2,(H,29,33)(H,30,34)/b24-23+. The number of nitrogens with zero attached hydrogens (tertiary/aromatic N) is 2. The smallest absolute Gasteiger partial charge is 0.267 e. The summed E-state index contributed by atoms with van der Waals surface area (Å²) in [5.74, 6) is 1.15. The van der Waals surface area contributed by atoms with E-state index in [1.54, 1.807) is 36.4 Å². The molecule has 44 heavy (non-hydrogen) atoms. The topological polar surface area (TPSA) is 136 Å². The Hall–Kier alpha value is -3.86. The fraction of sp³-hybridized carbons (Fsp3) is 0.286. The molecule has 0 aromatic heterocycles. The summed E-state index contributed by atoms with van der Waals surface area (Å²) in [5, 5.41) is 5.61. The van der Waals surface area contributed by atoms with E-state index in [2.05, 4.69) is 10.6 Å². The predicted molar refractivity (Wildman–Crippen MR) is 172 cm³/mol. The highest BCUT2D eigenvalue weighted by atomic mass is 32.2. The highest BCUT2D eigenvalue weighted by Crippen LogP contribution is 2.42. The molecule has 16 heteroatoms. The maximum absolute atomic E-state index is 13.2. The summed E-state index contributed by atoms with van der Waals surface area (Å²) in [4.78, 5) is 54.6. The number of ether oxygens (including phenoxy) is 4. The van der Waals surface area contributed by atoms with Gasteiger partial charge in [-0.25, -0.2) is 0 Å². The van der Waals surface area contributed by atoms with Gasteiger partial charge in [0, 0.05) is 49.4 Å². The Labute approximate surface area is 270 Å². The number of anilines is 2. The maximum atomic E-state index is 13.2. The minimum absolute atomic E-state index is 0.142. The molecule has 12 nitrogen and oxygen atoms in total. The van der Waals surface area contributed by atoms with Crippen molar-refractivity contribution in [3.63, 3.8) is 0 Å². The van der Waals surface area contributed by atoms with Crippen molar-refractivity contribution < 1.29 is 38.1 Å². The van der Waals surface area contributed by atoms with Crippen LogP contribution in [0.1, 0.15) is 25.7 Å². The zero-order valence-electron chi connectivity index (χ0n) is 22.9. The van der Waals surface area contributed by atoms with Gasteiger partial charge >= 0.3 is 0 Å². The minimum Gasteiger partial charge on any atom is -0.454 e. The average molecular weight is 673 g/mol. The molecule has 2 N–H and O–H groups in total. The number of rotatable bonds is 10. The van der Waals surface area contributed by atoms with Crippen LogP contribution in [0.4, 0.5) is 11.4 Å². The maximum Gasteiger partial charge on any atom is 0.267 e. The first kappa shape index (κ1) is 30.2. The molecule has 228 valence electrons. The van der Waals surface area contributed by atoms with E-state index in [0.717, 1.165) is 23.5 Å². The number of thioether (sulfide) groups is 2. The lowest BCUT2D eigenvalue weighted by Gasteiger charge is -2.15. The number of hydrogen-bond donors (Lipinski definition) is 2. The number of carbonyl (C=O) groups is 4. The summed E-state index contributed by atoms with van der Waals surface area (Å²) in [6.07, 6.45) is 1.05. The SMILES string of the molecule is O=C(CCCN1C(=O)/C(=C2\SC(=S)N(CCCC(=O)Nc3ccc4c(c3)OCO4)C2=O)SC1=S)Nc1ccc2c(c1)OCO2. The summed E-state index contributed by atoms with van der Waals surface area (Å²) in [6.45, 7) is 0.732. The Kier molecular flexibility index (Phi) is 8.93. The summed E-state index contributed by atoms with van der Waals surface area (Å²) in [5.41, 5.74) is 1.16. The third-order valence-corrected chi connectivity index (χ3v) is 9.81. The van der Waals surface area contributed by atoms with E-state index in [0.29, 0.717) is 55.9 Å². The largest absolute Gasteiger partial charge is 0.454 e. The molecule has 0 radical (unpaired) electrons. The molecule has 4 heterocycles. The second kappa shape index (κ2) is 13.0. The highest BCUT2D eigenvalue weighted by molar-refractivity contribution is 8.29. The van der Waals surface area contributed by atoms with Gasteiger partial charge in [-0.1, -0.05) is 48.0 Å². The quantitative estimate of drug-likeness (QED) is 0.277. The molecule has 2 aromatic rings. The molecule has 0 unspecified atom stereocenters. The van der Waals surface area contributed by atoms with Crippen LogP contribution in [0.25, 0.3) is 0 Å². The van der Waals surface area contributed by atoms with Gasteiger partial charge in [0.25, 0.3) is 11.8 Å². The molecule has 2 aromatic carbocycles. The molecule has 6 rings (SSSR count). The number of amides is 4. The summed E-state index contributed by atoms with van der Waals surface area (Å²) in [7, 11) is 0. The molecule has 0 aliphatic carbocycles. The molecule has 0 bridgehead atoms. The van der Waals surface area contributed by atoms with Crippen molar-refractivity contribution in [2.75, 3.05) is 37.3 Å². The Bertz CT molecular complexity index is 1510. The molecule has 0 atom stereocenters. The lowest BCUT2D eigenvalue weighted by atomic mass is 10.2. The van der Waals surface area contributed by atoms with Crippen molar-refractivity contribution in [2.24, 2.45) is 0 Å². The molecule has 2 saturated heterocycles. The second-order valence-corrected chi connectivity index (χ2v) is 13.0. The van der Waals surface area contributed by atoms with Gasteiger partial charge in [0.2, 0.25) is 25.4 Å². The van der Waals surface area contributed by atoms with Crippen LogP contribution in [-0.2, 0) is 19.2 Å². The molecule has 2 fully saturated rings. The van der Waals surface area contributed by atoms with Crippen LogP contribution < -0.4 is 29.6 Å². The Morgan fingerprint density at radius 1 is 0.682 bits per heavy atom. The Morgan fingerprint density at radius 3 is 1.52 bits per heavy atom. The number of nitrogens with one attached hydrogen (secondary N) is 2. The fourth-order valence-corrected chi connectivity index (χ4v) is 7.42. The summed E-state index contributed by atoms with van der Waals surface area (Å²) < 4.78 is 21.8. The number of benzene rings is 2. The number of hydrogen-bond acceptors (Lipinski definition) is 12. The first-order valence-corrected chi connectivity index (χ1v) is 15.9. The van der Waals surface area contributed by atoms with Crippen LogP contribution in [0, 0.1) is 0 Å². The molecular formula is C28H24N4O8S4. The van der Waals surface area contributed by atoms with E-state index in [1.165, 1.54) is 9.80 Å². The fourth-order valence-electron chi connectivity index (χ4n) is 4.65. The zero-order chi connectivity index (χ0) is 30.8. The third-order valence-electron chi connectivity index (χ3n) is 6.79. The van der Waals surface area contributed by atoms with Crippen LogP contribution in [-0.4, -0.2) is 68.7 Å². The first-order valence-electron chi connectivity index (χ1n) is 13.5. The molecule has 0 spiro atoms. The normalized spacial score (nSPS) is 18.5. The monoisotopic (exact) mass is 672 g/mol. The molecule has 4 amide bonds. The van der Waals surface area contributed by atoms with E-state index in [-0.39, 0.29) is 73.0 Å². The third kappa shape index (κ3) is 6.47. The summed E-state index contributed by atoms with van der Waals surface area (Å²) >= 11 is 12.9. The van der Waals surface area contributed by atoms with Crippen molar-refractivity contribution >= 4 is 91.6 Å². The number of carbonyl (C=O) groups excluding carboxylic acids is 4. The van der Waals surface area contributed by atoms with Gasteiger partial charge in [-0.3, -0.25) is 29.0 Å². The Morgan fingerprint density at radius 2 is 1.09 bits per heavy atom. The first-order chi connectivity index (χ1) is 21.3. The van der Waals surface area contributed by atoms with Crippen molar-refractivity contribution in [2.45, 2.75) is 25.7 Å². The molecule has 4 aliphatic rings. The van der Waals surface area contributed by atoms with Crippen molar-refractivity contribution in [3.05, 3.63) is 46.2 Å². The van der Waals surface area contributed by atoms with Gasteiger partial charge in [0.1, 0.15) is 8.64 Å². The lowest BCUT2D eigenvalue weighted by molar-refractivity contribution is -0.124. The minimum atomic E-state index is -0.389. The number of thiocarbonyl (C=S) groups is 2. The molecule has 4 aliphatic heterocycles.